The molecule has 0 radical (unpaired) electrons. The van der Waals surface area contributed by atoms with Crippen LogP contribution in [0.3, 0.4) is 0 Å². The maximum atomic E-state index is 7.77. The van der Waals surface area contributed by atoms with Crippen LogP contribution in [0.2, 0.25) is 6.82 Å². The zero-order valence-corrected chi connectivity index (χ0v) is 3.65. The molecule has 0 saturated carbocycles. The summed E-state index contributed by atoms with van der Waals surface area (Å²) in [4.78, 5) is 0. The van der Waals surface area contributed by atoms with Crippen molar-refractivity contribution in [1.29, 1.82) is 5.26 Å². The van der Waals surface area contributed by atoms with Crippen molar-refractivity contribution in [3.8, 4) is 17.8 Å². The molecule has 0 aliphatic heterocycles. The van der Waals surface area contributed by atoms with Crippen LogP contribution in [0, 0.1) is 23.1 Å². The van der Waals surface area contributed by atoms with Crippen LogP contribution in [0.1, 0.15) is 0 Å². The molecule has 0 aromatic heterocycles. The highest BCUT2D eigenvalue weighted by molar-refractivity contribution is 6.44. The molecule has 0 aliphatic carbocycles. The fraction of sp³-hybridized carbons (Fsp3) is 0.250. The van der Waals surface area contributed by atoms with Crippen molar-refractivity contribution in [1.82, 2.24) is 0 Å². The SMILES string of the molecule is CBC#CC#N. The molecule has 6 heavy (non-hydrogen) atoms. The van der Waals surface area contributed by atoms with E-state index in [9.17, 15) is 0 Å². The zero-order chi connectivity index (χ0) is 4.83. The fourth-order valence-corrected chi connectivity index (χ4v) is 0.128. The fourth-order valence-electron chi connectivity index (χ4n) is 0.128. The van der Waals surface area contributed by atoms with Gasteiger partial charge in [0, 0.05) is 5.92 Å². The largest absolute Gasteiger partial charge is 0.211 e. The third-order valence-electron chi connectivity index (χ3n) is 0.321. The highest BCUT2D eigenvalue weighted by Crippen LogP contribution is 1.47. The number of rotatable bonds is 0. The van der Waals surface area contributed by atoms with Crippen LogP contribution in [0.25, 0.3) is 0 Å². The molecule has 2 heteroatoms. The molecule has 0 aromatic carbocycles. The Balaban J connectivity index is 3.22. The predicted octanol–water partition coefficient (Wildman–Crippen LogP) is -0.0445. The van der Waals surface area contributed by atoms with Gasteiger partial charge in [-0.25, -0.2) is 0 Å². The minimum Gasteiger partial charge on any atom is -0.183 e. The first-order valence-electron chi connectivity index (χ1n) is 1.78. The van der Waals surface area contributed by atoms with Gasteiger partial charge in [-0.15, -0.1) is 5.82 Å². The smallest absolute Gasteiger partial charge is 0.183 e. The summed E-state index contributed by atoms with van der Waals surface area (Å²) in [6.07, 6.45) is 0. The lowest BCUT2D eigenvalue weighted by Crippen LogP contribution is -1.66. The van der Waals surface area contributed by atoms with Crippen molar-refractivity contribution in [2.24, 2.45) is 0 Å². The van der Waals surface area contributed by atoms with E-state index in [0.717, 1.165) is 7.28 Å². The molecule has 0 aromatic rings. The van der Waals surface area contributed by atoms with Crippen LogP contribution >= 0.6 is 0 Å². The normalized spacial score (nSPS) is 4.00. The van der Waals surface area contributed by atoms with E-state index in [0.29, 0.717) is 0 Å². The van der Waals surface area contributed by atoms with Gasteiger partial charge in [-0.3, -0.25) is 0 Å². The van der Waals surface area contributed by atoms with E-state index in [1.807, 2.05) is 6.82 Å². The minimum atomic E-state index is 0.771. The molecule has 0 unspecified atom stereocenters. The molecule has 0 N–H and O–H groups in total. The Hall–Kier alpha value is -0.885. The summed E-state index contributed by atoms with van der Waals surface area (Å²) in [6.45, 7) is 1.91. The first-order chi connectivity index (χ1) is 2.91. The van der Waals surface area contributed by atoms with Crippen molar-refractivity contribution < 1.29 is 0 Å². The van der Waals surface area contributed by atoms with Crippen LogP contribution in [0.5, 0.6) is 0 Å². The second kappa shape index (κ2) is 4.11. The lowest BCUT2D eigenvalue weighted by Gasteiger charge is -1.52. The number of hydrogen-bond donors (Lipinski definition) is 0. The van der Waals surface area contributed by atoms with Crippen molar-refractivity contribution in [3.63, 3.8) is 0 Å². The monoisotopic (exact) mass is 77.0 g/mol. The molecule has 0 heterocycles. The van der Waals surface area contributed by atoms with E-state index in [2.05, 4.69) is 11.7 Å². The molecule has 0 bridgehead atoms. The molecule has 0 saturated heterocycles. The number of nitrogens with zero attached hydrogens (tertiary/aromatic N) is 1. The van der Waals surface area contributed by atoms with E-state index in [4.69, 9.17) is 5.26 Å². The molecule has 0 aliphatic rings. The van der Waals surface area contributed by atoms with Crippen LogP contribution in [-0.4, -0.2) is 7.28 Å². The van der Waals surface area contributed by atoms with Crippen molar-refractivity contribution in [2.45, 2.75) is 6.82 Å². The summed E-state index contributed by atoms with van der Waals surface area (Å²) in [5.41, 5.74) is 0. The summed E-state index contributed by atoms with van der Waals surface area (Å²) in [6, 6.07) is 1.71. The molecule has 0 rings (SSSR count). The summed E-state index contributed by atoms with van der Waals surface area (Å²) < 4.78 is 0. The van der Waals surface area contributed by atoms with Crippen molar-refractivity contribution in [2.75, 3.05) is 0 Å². The van der Waals surface area contributed by atoms with Crippen LogP contribution in [0.15, 0.2) is 0 Å². The Morgan fingerprint density at radius 2 is 2.33 bits per heavy atom. The Morgan fingerprint density at radius 3 is 2.50 bits per heavy atom. The predicted molar refractivity (Wildman–Crippen MR) is 26.4 cm³/mol. The molecule has 28 valence electrons. The van der Waals surface area contributed by atoms with Gasteiger partial charge in [0.25, 0.3) is 0 Å². The van der Waals surface area contributed by atoms with Gasteiger partial charge in [-0.05, 0) is 0 Å². The maximum Gasteiger partial charge on any atom is 0.211 e. The van der Waals surface area contributed by atoms with Crippen molar-refractivity contribution >= 4 is 7.28 Å². The van der Waals surface area contributed by atoms with E-state index < -0.39 is 0 Å². The lowest BCUT2D eigenvalue weighted by atomic mass is 9.84. The van der Waals surface area contributed by atoms with Gasteiger partial charge in [-0.1, -0.05) is 6.82 Å². The molecule has 0 fully saturated rings. The van der Waals surface area contributed by atoms with E-state index in [1.165, 1.54) is 0 Å². The summed E-state index contributed by atoms with van der Waals surface area (Å²) in [7, 11) is 0.771. The highest BCUT2D eigenvalue weighted by Gasteiger charge is 1.59. The third kappa shape index (κ3) is 3.11. The summed E-state index contributed by atoms with van der Waals surface area (Å²) >= 11 is 0. The molecule has 0 spiro atoms. The Morgan fingerprint density at radius 1 is 1.67 bits per heavy atom. The first kappa shape index (κ1) is 5.11. The minimum absolute atomic E-state index is 0.771. The van der Waals surface area contributed by atoms with Gasteiger partial charge in [0.15, 0.2) is 6.07 Å². The maximum absolute atomic E-state index is 7.77. The first-order valence-corrected chi connectivity index (χ1v) is 1.78. The standard InChI is InChI=1S/C4H4BN/c1-5-3-2-4-6/h5H,1H3. The van der Waals surface area contributed by atoms with Gasteiger partial charge >= 0.3 is 0 Å². The van der Waals surface area contributed by atoms with Crippen LogP contribution in [-0.2, 0) is 0 Å². The summed E-state index contributed by atoms with van der Waals surface area (Å²) in [5.74, 6) is 4.84. The van der Waals surface area contributed by atoms with Gasteiger partial charge in [0.2, 0.25) is 7.28 Å². The molecular weight excluding hydrogens is 72.9 g/mol. The second-order valence-electron chi connectivity index (χ2n) is 0.767. The zero-order valence-electron chi connectivity index (χ0n) is 3.65. The average Bonchev–Trinajstić information content (AvgIpc) is 1.61. The van der Waals surface area contributed by atoms with E-state index in [1.54, 1.807) is 6.07 Å². The van der Waals surface area contributed by atoms with Crippen LogP contribution < -0.4 is 0 Å². The van der Waals surface area contributed by atoms with Gasteiger partial charge in [0.05, 0.1) is 0 Å². The van der Waals surface area contributed by atoms with Gasteiger partial charge < -0.3 is 0 Å². The number of nitriles is 1. The second-order valence-corrected chi connectivity index (χ2v) is 0.767. The van der Waals surface area contributed by atoms with E-state index >= 15 is 0 Å². The highest BCUT2D eigenvalue weighted by atomic mass is 14.2. The summed E-state index contributed by atoms with van der Waals surface area (Å²) in [5, 5.41) is 7.77. The Kier molecular flexibility index (Phi) is 3.51. The number of hydrogen-bond acceptors (Lipinski definition) is 1. The van der Waals surface area contributed by atoms with Crippen LogP contribution in [0.4, 0.5) is 0 Å². The lowest BCUT2D eigenvalue weighted by molar-refractivity contribution is 1.55. The van der Waals surface area contributed by atoms with Gasteiger partial charge in [0.1, 0.15) is 0 Å². The molecule has 0 amide bonds. The Labute approximate surface area is 38.2 Å². The average molecular weight is 76.9 g/mol. The molecular formula is C4H4BN. The topological polar surface area (TPSA) is 23.8 Å². The quantitative estimate of drug-likeness (QED) is 0.294. The van der Waals surface area contributed by atoms with Crippen molar-refractivity contribution in [3.05, 3.63) is 0 Å². The molecule has 0 atom stereocenters. The molecule has 1 nitrogen and oxygen atoms in total. The Bertz CT molecular complexity index is 112. The third-order valence-corrected chi connectivity index (χ3v) is 0.321. The van der Waals surface area contributed by atoms with E-state index in [-0.39, 0.29) is 0 Å². The van der Waals surface area contributed by atoms with Gasteiger partial charge in [-0.2, -0.15) is 5.26 Å².